The summed E-state index contributed by atoms with van der Waals surface area (Å²) in [6.45, 7) is 6.67. The summed E-state index contributed by atoms with van der Waals surface area (Å²) in [4.78, 5) is 24.5. The molecule has 148 valence electrons. The third-order valence-electron chi connectivity index (χ3n) is 3.82. The predicted octanol–water partition coefficient (Wildman–Crippen LogP) is 1.74. The second-order valence-electron chi connectivity index (χ2n) is 7.40. The Bertz CT molecular complexity index is 993. The molecule has 27 heavy (non-hydrogen) atoms. The molecule has 1 heterocycles. The number of aromatic amines is 1. The number of nitrogens with one attached hydrogen (secondary N) is 1. The maximum absolute atomic E-state index is 12.4. The Labute approximate surface area is 158 Å². The lowest BCUT2D eigenvalue weighted by Crippen LogP contribution is -2.30. The molecule has 0 saturated heterocycles. The predicted molar refractivity (Wildman–Crippen MR) is 102 cm³/mol. The van der Waals surface area contributed by atoms with Crippen molar-refractivity contribution in [3.63, 3.8) is 0 Å². The van der Waals surface area contributed by atoms with Crippen molar-refractivity contribution in [3.05, 3.63) is 40.2 Å². The van der Waals surface area contributed by atoms with Crippen LogP contribution in [-0.4, -0.2) is 48.2 Å². The molecule has 0 saturated carbocycles. The van der Waals surface area contributed by atoms with Crippen LogP contribution in [-0.2, 0) is 26.1 Å². The quantitative estimate of drug-likeness (QED) is 0.777. The van der Waals surface area contributed by atoms with Crippen LogP contribution in [0.2, 0.25) is 0 Å². The molecule has 1 N–H and O–H groups in total. The van der Waals surface area contributed by atoms with Crippen LogP contribution < -0.4 is 5.56 Å². The summed E-state index contributed by atoms with van der Waals surface area (Å²) < 4.78 is 31.9. The number of H-pyrrole nitrogens is 1. The first-order valence-corrected chi connectivity index (χ1v) is 9.81. The molecule has 9 heteroatoms. The molecule has 0 amide bonds. The Kier molecular flexibility index (Phi) is 5.67. The molecule has 0 radical (unpaired) electrons. The van der Waals surface area contributed by atoms with Crippen LogP contribution in [0.1, 0.15) is 26.3 Å². The van der Waals surface area contributed by atoms with Gasteiger partial charge in [0.15, 0.2) is 0 Å². The Morgan fingerprint density at radius 2 is 1.74 bits per heavy atom. The van der Waals surface area contributed by atoms with Gasteiger partial charge in [0.1, 0.15) is 12.1 Å². The minimum atomic E-state index is -3.53. The number of sulfonamides is 1. The molecule has 0 spiro atoms. The number of hydrogen-bond donors (Lipinski definition) is 1. The first kappa shape index (κ1) is 20.9. The van der Waals surface area contributed by atoms with E-state index in [1.54, 1.807) is 39.8 Å². The number of nitrogens with zero attached hydrogens (tertiary/aromatic N) is 2. The fourth-order valence-electron chi connectivity index (χ4n) is 2.48. The maximum atomic E-state index is 12.4. The van der Waals surface area contributed by atoms with Gasteiger partial charge >= 0.3 is 5.97 Å². The van der Waals surface area contributed by atoms with E-state index in [1.165, 1.54) is 30.9 Å². The first-order chi connectivity index (χ1) is 12.3. The third kappa shape index (κ3) is 4.67. The number of rotatable bonds is 5. The highest BCUT2D eigenvalue weighted by molar-refractivity contribution is 7.89. The molecule has 0 fully saturated rings. The van der Waals surface area contributed by atoms with Gasteiger partial charge in [0, 0.05) is 19.7 Å². The van der Waals surface area contributed by atoms with Crippen LogP contribution in [0.4, 0.5) is 0 Å². The van der Waals surface area contributed by atoms with Gasteiger partial charge < -0.3 is 4.74 Å². The van der Waals surface area contributed by atoms with Crippen LogP contribution in [0.3, 0.4) is 0 Å². The van der Waals surface area contributed by atoms with Crippen LogP contribution in [0.25, 0.3) is 11.3 Å². The second-order valence-corrected chi connectivity index (χ2v) is 9.55. The Balaban J connectivity index is 2.33. The van der Waals surface area contributed by atoms with Gasteiger partial charge in [0.25, 0.3) is 5.56 Å². The van der Waals surface area contributed by atoms with Gasteiger partial charge in [-0.15, -0.1) is 0 Å². The number of benzene rings is 1. The molecular weight excluding hydrogens is 370 g/mol. The minimum absolute atomic E-state index is 0.157. The molecule has 0 aliphatic carbocycles. The smallest absolute Gasteiger partial charge is 0.328 e. The SMILES string of the molecule is Cc1c(-c2ccc(S(=O)(=O)N(C)C)cc2)[nH]n(CC(=O)OC(C)(C)C)c1=O. The standard InChI is InChI=1S/C18H25N3O5S/c1-12-16(13-7-9-14(10-8-13)27(24,25)20(5)6)19-21(17(12)23)11-15(22)26-18(2,3)4/h7-10,19H,11H2,1-6H3. The Morgan fingerprint density at radius 3 is 2.22 bits per heavy atom. The number of aromatic nitrogens is 2. The zero-order valence-electron chi connectivity index (χ0n) is 16.4. The van der Waals surface area contributed by atoms with E-state index in [0.717, 1.165) is 4.31 Å². The lowest BCUT2D eigenvalue weighted by atomic mass is 10.1. The Morgan fingerprint density at radius 1 is 1.19 bits per heavy atom. The maximum Gasteiger partial charge on any atom is 0.328 e. The third-order valence-corrected chi connectivity index (χ3v) is 5.65. The molecular formula is C18H25N3O5S. The van der Waals surface area contributed by atoms with Crippen molar-refractivity contribution in [2.24, 2.45) is 0 Å². The van der Waals surface area contributed by atoms with Crippen molar-refractivity contribution in [3.8, 4) is 11.3 Å². The number of carbonyl (C=O) groups excluding carboxylic acids is 1. The van der Waals surface area contributed by atoms with E-state index in [4.69, 9.17) is 4.74 Å². The summed E-state index contributed by atoms with van der Waals surface area (Å²) in [6, 6.07) is 6.19. The summed E-state index contributed by atoms with van der Waals surface area (Å²) in [7, 11) is -0.607. The van der Waals surface area contributed by atoms with Crippen molar-refractivity contribution in [1.29, 1.82) is 0 Å². The van der Waals surface area contributed by atoms with Gasteiger partial charge in [-0.1, -0.05) is 12.1 Å². The monoisotopic (exact) mass is 395 g/mol. The zero-order valence-corrected chi connectivity index (χ0v) is 17.2. The summed E-state index contributed by atoms with van der Waals surface area (Å²) in [6.07, 6.45) is 0. The van der Waals surface area contributed by atoms with Crippen molar-refractivity contribution in [2.75, 3.05) is 14.1 Å². The average Bonchev–Trinajstić information content (AvgIpc) is 2.81. The number of ether oxygens (including phenoxy) is 1. The number of carbonyl (C=O) groups is 1. The van der Waals surface area contributed by atoms with Crippen LogP contribution >= 0.6 is 0 Å². The second kappa shape index (κ2) is 7.32. The molecule has 1 aromatic carbocycles. The molecule has 8 nitrogen and oxygen atoms in total. The normalized spacial score (nSPS) is 12.4. The largest absolute Gasteiger partial charge is 0.459 e. The van der Waals surface area contributed by atoms with Crippen LogP contribution in [0.5, 0.6) is 0 Å². The van der Waals surface area contributed by atoms with Crippen molar-refractivity contribution in [2.45, 2.75) is 44.7 Å². The summed E-state index contributed by atoms with van der Waals surface area (Å²) in [5, 5.41) is 2.91. The van der Waals surface area contributed by atoms with Crippen LogP contribution in [0.15, 0.2) is 34.0 Å². The number of esters is 1. The molecule has 0 unspecified atom stereocenters. The van der Waals surface area contributed by atoms with Crippen LogP contribution in [0, 0.1) is 6.92 Å². The molecule has 1 aromatic heterocycles. The topological polar surface area (TPSA) is 101 Å². The van der Waals surface area contributed by atoms with Gasteiger partial charge in [-0.3, -0.25) is 14.7 Å². The van der Waals surface area contributed by atoms with Crippen molar-refractivity contribution in [1.82, 2.24) is 14.1 Å². The lowest BCUT2D eigenvalue weighted by molar-refractivity contribution is -0.155. The van der Waals surface area contributed by atoms with Crippen molar-refractivity contribution < 1.29 is 17.9 Å². The van der Waals surface area contributed by atoms with Gasteiger partial charge in [-0.05, 0) is 45.4 Å². The highest BCUT2D eigenvalue weighted by atomic mass is 32.2. The van der Waals surface area contributed by atoms with Gasteiger partial charge in [0.2, 0.25) is 10.0 Å². The van der Waals surface area contributed by atoms with E-state index in [1.807, 2.05) is 0 Å². The van der Waals surface area contributed by atoms with E-state index < -0.39 is 21.6 Å². The van der Waals surface area contributed by atoms with Gasteiger partial charge in [0.05, 0.1) is 10.6 Å². The molecule has 0 atom stereocenters. The molecule has 0 aliphatic heterocycles. The molecule has 0 bridgehead atoms. The van der Waals surface area contributed by atoms with Crippen molar-refractivity contribution >= 4 is 16.0 Å². The van der Waals surface area contributed by atoms with E-state index in [-0.39, 0.29) is 17.0 Å². The highest BCUT2D eigenvalue weighted by Crippen LogP contribution is 2.22. The van der Waals surface area contributed by atoms with Gasteiger partial charge in [-0.2, -0.15) is 0 Å². The fourth-order valence-corrected chi connectivity index (χ4v) is 3.38. The highest BCUT2D eigenvalue weighted by Gasteiger charge is 2.20. The first-order valence-electron chi connectivity index (χ1n) is 8.37. The fraction of sp³-hybridized carbons (Fsp3) is 0.444. The minimum Gasteiger partial charge on any atom is -0.459 e. The lowest BCUT2D eigenvalue weighted by Gasteiger charge is -2.19. The molecule has 2 aromatic rings. The van der Waals surface area contributed by atoms with E-state index in [2.05, 4.69) is 5.10 Å². The van der Waals surface area contributed by atoms with E-state index in [9.17, 15) is 18.0 Å². The summed E-state index contributed by atoms with van der Waals surface area (Å²) in [5.41, 5.74) is 0.629. The van der Waals surface area contributed by atoms with E-state index >= 15 is 0 Å². The summed E-state index contributed by atoms with van der Waals surface area (Å²) >= 11 is 0. The number of hydrogen-bond acceptors (Lipinski definition) is 5. The zero-order chi connectivity index (χ0) is 20.6. The van der Waals surface area contributed by atoms with E-state index in [0.29, 0.717) is 16.8 Å². The Hall–Kier alpha value is -2.39. The summed E-state index contributed by atoms with van der Waals surface area (Å²) in [5.74, 6) is -0.523. The average molecular weight is 395 g/mol. The molecule has 0 aliphatic rings. The molecule has 2 rings (SSSR count). The van der Waals surface area contributed by atoms with Gasteiger partial charge in [-0.25, -0.2) is 17.4 Å².